The van der Waals surface area contributed by atoms with Gasteiger partial charge in [-0.25, -0.2) is 0 Å². The number of nitrogens with zero attached hydrogens (tertiary/aromatic N) is 1. The van der Waals surface area contributed by atoms with Crippen molar-refractivity contribution in [2.24, 2.45) is 11.3 Å². The lowest BCUT2D eigenvalue weighted by Crippen LogP contribution is -2.45. The largest absolute Gasteiger partial charge is 0.299 e. The van der Waals surface area contributed by atoms with Crippen LogP contribution in [0, 0.1) is 11.3 Å². The highest BCUT2D eigenvalue weighted by Gasteiger charge is 2.28. The molecule has 0 aromatic carbocycles. The number of thioether (sulfide) groups is 1. The Hall–Kier alpha value is 0.790. The SMILES string of the molecule is CC1CSCCN1CC(CBr)C(C)(C)C. The fourth-order valence-corrected chi connectivity index (χ4v) is 4.13. The van der Waals surface area contributed by atoms with E-state index in [2.05, 4.69) is 60.3 Å². The molecule has 0 saturated carbocycles. The Kier molecular flexibility index (Phi) is 5.47. The van der Waals surface area contributed by atoms with E-state index in [4.69, 9.17) is 0 Å². The summed E-state index contributed by atoms with van der Waals surface area (Å²) in [7, 11) is 0. The normalized spacial score (nSPS) is 26.6. The molecule has 0 radical (unpaired) electrons. The van der Waals surface area contributed by atoms with Crippen molar-refractivity contribution in [1.29, 1.82) is 0 Å². The van der Waals surface area contributed by atoms with E-state index in [9.17, 15) is 0 Å². The van der Waals surface area contributed by atoms with Crippen LogP contribution in [0.5, 0.6) is 0 Å². The van der Waals surface area contributed by atoms with Gasteiger partial charge in [-0.2, -0.15) is 11.8 Å². The van der Waals surface area contributed by atoms with Gasteiger partial charge in [0.05, 0.1) is 0 Å². The minimum absolute atomic E-state index is 0.411. The smallest absolute Gasteiger partial charge is 0.0158 e. The zero-order chi connectivity index (χ0) is 11.5. The van der Waals surface area contributed by atoms with Crippen molar-refractivity contribution in [2.75, 3.05) is 29.9 Å². The van der Waals surface area contributed by atoms with E-state index in [0.29, 0.717) is 5.41 Å². The maximum atomic E-state index is 3.67. The van der Waals surface area contributed by atoms with Gasteiger partial charge in [0.1, 0.15) is 0 Å². The zero-order valence-electron chi connectivity index (χ0n) is 10.4. The number of hydrogen-bond donors (Lipinski definition) is 0. The number of hydrogen-bond acceptors (Lipinski definition) is 2. The van der Waals surface area contributed by atoms with Crippen molar-refractivity contribution in [2.45, 2.75) is 33.7 Å². The first-order chi connectivity index (χ1) is 6.95. The second-order valence-corrected chi connectivity index (χ2v) is 7.43. The first-order valence-corrected chi connectivity index (χ1v) is 8.10. The molecule has 0 bridgehead atoms. The van der Waals surface area contributed by atoms with Crippen LogP contribution in [-0.2, 0) is 0 Å². The molecule has 0 aromatic heterocycles. The Morgan fingerprint density at radius 1 is 1.47 bits per heavy atom. The molecule has 2 atom stereocenters. The molecule has 90 valence electrons. The lowest BCUT2D eigenvalue weighted by Gasteiger charge is -2.39. The van der Waals surface area contributed by atoms with Crippen LogP contribution < -0.4 is 0 Å². The summed E-state index contributed by atoms with van der Waals surface area (Å²) >= 11 is 5.76. The van der Waals surface area contributed by atoms with Gasteiger partial charge in [0, 0.05) is 36.0 Å². The fourth-order valence-electron chi connectivity index (χ4n) is 1.87. The third-order valence-corrected chi connectivity index (χ3v) is 5.34. The Bertz CT molecular complexity index is 191. The van der Waals surface area contributed by atoms with Crippen molar-refractivity contribution in [3.05, 3.63) is 0 Å². The lowest BCUT2D eigenvalue weighted by molar-refractivity contribution is 0.144. The quantitative estimate of drug-likeness (QED) is 0.733. The molecule has 1 rings (SSSR count). The zero-order valence-corrected chi connectivity index (χ0v) is 12.8. The van der Waals surface area contributed by atoms with Gasteiger partial charge in [-0.05, 0) is 18.3 Å². The summed E-state index contributed by atoms with van der Waals surface area (Å²) in [4.78, 5) is 2.66. The van der Waals surface area contributed by atoms with Gasteiger partial charge >= 0.3 is 0 Å². The van der Waals surface area contributed by atoms with E-state index < -0.39 is 0 Å². The molecular formula is C12H24BrNS. The predicted molar refractivity (Wildman–Crippen MR) is 75.1 cm³/mol. The second-order valence-electron chi connectivity index (χ2n) is 5.64. The van der Waals surface area contributed by atoms with E-state index in [-0.39, 0.29) is 0 Å². The molecule has 1 fully saturated rings. The molecule has 15 heavy (non-hydrogen) atoms. The minimum atomic E-state index is 0.411. The molecule has 1 heterocycles. The standard InChI is InChI=1S/C12H24BrNS/c1-10-9-15-6-5-14(10)8-11(7-13)12(2,3)4/h10-11H,5-9H2,1-4H3. The molecule has 1 aliphatic rings. The van der Waals surface area contributed by atoms with Gasteiger partial charge in [0.2, 0.25) is 0 Å². The molecule has 0 spiro atoms. The van der Waals surface area contributed by atoms with Crippen molar-refractivity contribution < 1.29 is 0 Å². The summed E-state index contributed by atoms with van der Waals surface area (Å²) in [5.41, 5.74) is 0.411. The van der Waals surface area contributed by atoms with Crippen LogP contribution >= 0.6 is 27.7 Å². The van der Waals surface area contributed by atoms with Crippen LogP contribution in [0.15, 0.2) is 0 Å². The molecule has 0 aromatic rings. The van der Waals surface area contributed by atoms with Crippen LogP contribution in [0.25, 0.3) is 0 Å². The number of alkyl halides is 1. The summed E-state index contributed by atoms with van der Waals surface area (Å²) in [5, 5.41) is 1.12. The molecular weight excluding hydrogens is 270 g/mol. The first-order valence-electron chi connectivity index (χ1n) is 5.83. The molecule has 1 nitrogen and oxygen atoms in total. The first kappa shape index (κ1) is 13.9. The predicted octanol–water partition coefficient (Wildman–Crippen LogP) is 3.48. The van der Waals surface area contributed by atoms with E-state index in [1.807, 2.05) is 0 Å². The summed E-state index contributed by atoms with van der Waals surface area (Å²) in [6.07, 6.45) is 0. The molecule has 1 aliphatic heterocycles. The summed E-state index contributed by atoms with van der Waals surface area (Å²) < 4.78 is 0. The maximum absolute atomic E-state index is 3.67. The van der Waals surface area contributed by atoms with Crippen molar-refractivity contribution in [3.8, 4) is 0 Å². The molecule has 1 saturated heterocycles. The molecule has 0 N–H and O–H groups in total. The average molecular weight is 294 g/mol. The highest BCUT2D eigenvalue weighted by atomic mass is 79.9. The molecule has 2 unspecified atom stereocenters. The van der Waals surface area contributed by atoms with E-state index in [0.717, 1.165) is 17.3 Å². The van der Waals surface area contributed by atoms with Gasteiger partial charge in [-0.15, -0.1) is 0 Å². The van der Waals surface area contributed by atoms with Crippen molar-refractivity contribution in [1.82, 2.24) is 4.90 Å². The number of rotatable bonds is 3. The Morgan fingerprint density at radius 2 is 2.13 bits per heavy atom. The topological polar surface area (TPSA) is 3.24 Å². The maximum Gasteiger partial charge on any atom is 0.0158 e. The third-order valence-electron chi connectivity index (χ3n) is 3.37. The van der Waals surface area contributed by atoms with Crippen LogP contribution in [0.3, 0.4) is 0 Å². The average Bonchev–Trinajstić information content (AvgIpc) is 2.14. The van der Waals surface area contributed by atoms with E-state index >= 15 is 0 Å². The third kappa shape index (κ3) is 4.27. The fraction of sp³-hybridized carbons (Fsp3) is 1.00. The van der Waals surface area contributed by atoms with Gasteiger partial charge < -0.3 is 0 Å². The van der Waals surface area contributed by atoms with Crippen LogP contribution in [0.4, 0.5) is 0 Å². The monoisotopic (exact) mass is 293 g/mol. The highest BCUT2D eigenvalue weighted by Crippen LogP contribution is 2.29. The van der Waals surface area contributed by atoms with Gasteiger partial charge in [-0.1, -0.05) is 36.7 Å². The van der Waals surface area contributed by atoms with Gasteiger partial charge in [-0.3, -0.25) is 4.90 Å². The summed E-state index contributed by atoms with van der Waals surface area (Å²) in [5.74, 6) is 3.37. The summed E-state index contributed by atoms with van der Waals surface area (Å²) in [6.45, 7) is 11.9. The Morgan fingerprint density at radius 3 is 2.60 bits per heavy atom. The van der Waals surface area contributed by atoms with E-state index in [1.165, 1.54) is 24.6 Å². The highest BCUT2D eigenvalue weighted by molar-refractivity contribution is 9.09. The van der Waals surface area contributed by atoms with Crippen LogP contribution in [-0.4, -0.2) is 40.9 Å². The molecule has 3 heteroatoms. The minimum Gasteiger partial charge on any atom is -0.299 e. The number of halogens is 1. The van der Waals surface area contributed by atoms with Gasteiger partial charge in [0.25, 0.3) is 0 Å². The van der Waals surface area contributed by atoms with Crippen molar-refractivity contribution >= 4 is 27.7 Å². The lowest BCUT2D eigenvalue weighted by atomic mass is 9.81. The Balaban J connectivity index is 2.50. The molecule has 0 amide bonds. The molecule has 0 aliphatic carbocycles. The van der Waals surface area contributed by atoms with Crippen LogP contribution in [0.2, 0.25) is 0 Å². The Labute approximate surface area is 107 Å². The second kappa shape index (κ2) is 5.92. The van der Waals surface area contributed by atoms with Crippen molar-refractivity contribution in [3.63, 3.8) is 0 Å². The summed E-state index contributed by atoms with van der Waals surface area (Å²) in [6, 6.07) is 0.757. The van der Waals surface area contributed by atoms with Crippen LogP contribution in [0.1, 0.15) is 27.7 Å². The van der Waals surface area contributed by atoms with Gasteiger partial charge in [0.15, 0.2) is 0 Å². The van der Waals surface area contributed by atoms with E-state index in [1.54, 1.807) is 0 Å².